The zero-order chi connectivity index (χ0) is 13.1. The van der Waals surface area contributed by atoms with Crippen LogP contribution in [0.2, 0.25) is 0 Å². The van der Waals surface area contributed by atoms with Crippen molar-refractivity contribution in [2.45, 2.75) is 19.7 Å². The van der Waals surface area contributed by atoms with Gasteiger partial charge in [0.2, 0.25) is 0 Å². The Labute approximate surface area is 95.4 Å². The highest BCUT2D eigenvalue weighted by atomic mass is 19.4. The lowest BCUT2D eigenvalue weighted by atomic mass is 10.1. The molecule has 0 bridgehead atoms. The number of Topliss-reactive ketones (excluding diaryl/α,β-unsaturated/α-hetero) is 1. The number of alkyl halides is 3. The third-order valence-corrected chi connectivity index (χ3v) is 1.78. The molecule has 0 unspecified atom stereocenters. The molecule has 0 saturated heterocycles. The lowest BCUT2D eigenvalue weighted by Gasteiger charge is -2.10. The Balaban J connectivity index is 3.06. The zero-order valence-electron chi connectivity index (χ0n) is 8.84. The van der Waals surface area contributed by atoms with E-state index in [0.717, 1.165) is 12.1 Å². The van der Waals surface area contributed by atoms with Gasteiger partial charge in [0.05, 0.1) is 11.6 Å². The maximum Gasteiger partial charge on any atom is 0.573 e. The number of rotatable bonds is 3. The lowest BCUT2D eigenvalue weighted by molar-refractivity contribution is -0.274. The number of benzene rings is 1. The van der Waals surface area contributed by atoms with Crippen molar-refractivity contribution in [3.05, 3.63) is 29.3 Å². The van der Waals surface area contributed by atoms with E-state index in [-0.39, 0.29) is 17.8 Å². The number of ether oxygens (including phenoxy) is 1. The monoisotopic (exact) mass is 243 g/mol. The van der Waals surface area contributed by atoms with Gasteiger partial charge >= 0.3 is 6.36 Å². The van der Waals surface area contributed by atoms with Crippen molar-refractivity contribution in [2.24, 2.45) is 0 Å². The van der Waals surface area contributed by atoms with Crippen LogP contribution in [0.1, 0.15) is 18.1 Å². The Hall–Kier alpha value is -2.03. The van der Waals surface area contributed by atoms with Crippen LogP contribution < -0.4 is 4.74 Å². The third kappa shape index (κ3) is 4.55. The first-order valence-electron chi connectivity index (χ1n) is 4.59. The van der Waals surface area contributed by atoms with E-state index in [9.17, 15) is 18.0 Å². The molecule has 6 heteroatoms. The van der Waals surface area contributed by atoms with Crippen LogP contribution in [-0.4, -0.2) is 12.1 Å². The van der Waals surface area contributed by atoms with Gasteiger partial charge in [-0.1, -0.05) is 0 Å². The van der Waals surface area contributed by atoms with Gasteiger partial charge in [-0.3, -0.25) is 4.79 Å². The molecule has 0 aliphatic rings. The van der Waals surface area contributed by atoms with Crippen molar-refractivity contribution >= 4 is 5.78 Å². The van der Waals surface area contributed by atoms with Crippen molar-refractivity contribution < 1.29 is 22.7 Å². The standard InChI is InChI=1S/C11H8F3NO2/c1-7(16)2-8-3-9(6-15)5-10(4-8)17-11(12,13)14/h3-5H,2H2,1H3. The van der Waals surface area contributed by atoms with Crippen LogP contribution >= 0.6 is 0 Å². The molecule has 0 spiro atoms. The minimum atomic E-state index is -4.82. The molecule has 0 radical (unpaired) electrons. The molecule has 0 aliphatic heterocycles. The second kappa shape index (κ2) is 4.87. The van der Waals surface area contributed by atoms with Crippen LogP contribution in [0, 0.1) is 11.3 Å². The largest absolute Gasteiger partial charge is 0.573 e. The first kappa shape index (κ1) is 13.0. The summed E-state index contributed by atoms with van der Waals surface area (Å²) >= 11 is 0. The summed E-state index contributed by atoms with van der Waals surface area (Å²) in [6, 6.07) is 5.12. The van der Waals surface area contributed by atoms with E-state index in [1.54, 1.807) is 6.07 Å². The summed E-state index contributed by atoms with van der Waals surface area (Å²) in [4.78, 5) is 10.9. The first-order chi connectivity index (χ1) is 7.80. The summed E-state index contributed by atoms with van der Waals surface area (Å²) in [5.74, 6) is -0.703. The number of carbonyl (C=O) groups is 1. The van der Waals surface area contributed by atoms with Crippen LogP contribution in [-0.2, 0) is 11.2 Å². The summed E-state index contributed by atoms with van der Waals surface area (Å²) in [6.07, 6.45) is -4.86. The second-order valence-corrected chi connectivity index (χ2v) is 3.40. The van der Waals surface area contributed by atoms with Crippen LogP contribution in [0.4, 0.5) is 13.2 Å². The van der Waals surface area contributed by atoms with E-state index in [1.165, 1.54) is 13.0 Å². The smallest absolute Gasteiger partial charge is 0.406 e. The molecule has 1 rings (SSSR count). The van der Waals surface area contributed by atoms with E-state index in [1.807, 2.05) is 0 Å². The van der Waals surface area contributed by atoms with Gasteiger partial charge in [-0.15, -0.1) is 13.2 Å². The fourth-order valence-corrected chi connectivity index (χ4v) is 1.31. The summed E-state index contributed by atoms with van der Waals surface area (Å²) in [7, 11) is 0. The molecule has 0 N–H and O–H groups in total. The minimum absolute atomic E-state index is 0.0167. The number of ketones is 1. The van der Waals surface area contributed by atoms with Crippen molar-refractivity contribution in [1.29, 1.82) is 5.26 Å². The maximum atomic E-state index is 12.0. The highest BCUT2D eigenvalue weighted by molar-refractivity contribution is 5.78. The molecule has 90 valence electrons. The molecular weight excluding hydrogens is 235 g/mol. The SMILES string of the molecule is CC(=O)Cc1cc(C#N)cc(OC(F)(F)F)c1. The van der Waals surface area contributed by atoms with Gasteiger partial charge in [-0.05, 0) is 30.7 Å². The molecule has 3 nitrogen and oxygen atoms in total. The van der Waals surface area contributed by atoms with Crippen molar-refractivity contribution in [3.63, 3.8) is 0 Å². The summed E-state index contributed by atoms with van der Waals surface area (Å²) < 4.78 is 39.7. The molecular formula is C11H8F3NO2. The minimum Gasteiger partial charge on any atom is -0.406 e. The predicted molar refractivity (Wildman–Crippen MR) is 52.2 cm³/mol. The quantitative estimate of drug-likeness (QED) is 0.819. The summed E-state index contributed by atoms with van der Waals surface area (Å²) in [6.45, 7) is 1.31. The summed E-state index contributed by atoms with van der Waals surface area (Å²) in [5.41, 5.74) is 0.332. The Kier molecular flexibility index (Phi) is 3.73. The van der Waals surface area contributed by atoms with Crippen molar-refractivity contribution in [3.8, 4) is 11.8 Å². The number of nitriles is 1. The zero-order valence-corrected chi connectivity index (χ0v) is 8.84. The average Bonchev–Trinajstić information content (AvgIpc) is 2.13. The van der Waals surface area contributed by atoms with Gasteiger partial charge in [0.15, 0.2) is 0 Å². The van der Waals surface area contributed by atoms with Gasteiger partial charge in [0, 0.05) is 6.42 Å². The van der Waals surface area contributed by atoms with E-state index in [2.05, 4.69) is 4.74 Å². The third-order valence-electron chi connectivity index (χ3n) is 1.78. The fourth-order valence-electron chi connectivity index (χ4n) is 1.31. The van der Waals surface area contributed by atoms with Gasteiger partial charge in [0.1, 0.15) is 11.5 Å². The number of carbonyl (C=O) groups excluding carboxylic acids is 1. The van der Waals surface area contributed by atoms with Gasteiger partial charge in [-0.2, -0.15) is 5.26 Å². The van der Waals surface area contributed by atoms with Gasteiger partial charge in [0.25, 0.3) is 0 Å². The predicted octanol–water partition coefficient (Wildman–Crippen LogP) is 2.59. The number of nitrogens with zero attached hydrogens (tertiary/aromatic N) is 1. The van der Waals surface area contributed by atoms with Crippen molar-refractivity contribution in [1.82, 2.24) is 0 Å². The fraction of sp³-hybridized carbons (Fsp3) is 0.273. The molecule has 0 amide bonds. The van der Waals surface area contributed by atoms with Crippen molar-refractivity contribution in [2.75, 3.05) is 0 Å². The highest BCUT2D eigenvalue weighted by Gasteiger charge is 2.31. The van der Waals surface area contributed by atoms with Gasteiger partial charge < -0.3 is 4.74 Å². The summed E-state index contributed by atoms with van der Waals surface area (Å²) in [5, 5.41) is 8.65. The van der Waals surface area contributed by atoms with Crippen LogP contribution in [0.25, 0.3) is 0 Å². The lowest BCUT2D eigenvalue weighted by Crippen LogP contribution is -2.17. The molecule has 17 heavy (non-hydrogen) atoms. The number of halogens is 3. The normalized spacial score (nSPS) is 10.8. The Bertz CT molecular complexity index is 475. The number of hydrogen-bond acceptors (Lipinski definition) is 3. The van der Waals surface area contributed by atoms with Gasteiger partial charge in [-0.25, -0.2) is 0 Å². The first-order valence-corrected chi connectivity index (χ1v) is 4.59. The molecule has 0 atom stereocenters. The van der Waals surface area contributed by atoms with Crippen LogP contribution in [0.5, 0.6) is 5.75 Å². The Morgan fingerprint density at radius 2 is 2.06 bits per heavy atom. The van der Waals surface area contributed by atoms with E-state index < -0.39 is 12.1 Å². The van der Waals surface area contributed by atoms with E-state index in [4.69, 9.17) is 5.26 Å². The van der Waals surface area contributed by atoms with E-state index in [0.29, 0.717) is 5.56 Å². The molecule has 0 fully saturated rings. The van der Waals surface area contributed by atoms with Crippen LogP contribution in [0.3, 0.4) is 0 Å². The molecule has 0 aromatic heterocycles. The second-order valence-electron chi connectivity index (χ2n) is 3.40. The van der Waals surface area contributed by atoms with Crippen LogP contribution in [0.15, 0.2) is 18.2 Å². The Morgan fingerprint density at radius 1 is 1.41 bits per heavy atom. The molecule has 1 aromatic rings. The van der Waals surface area contributed by atoms with E-state index >= 15 is 0 Å². The molecule has 1 aromatic carbocycles. The average molecular weight is 243 g/mol. The number of hydrogen-bond donors (Lipinski definition) is 0. The maximum absolute atomic E-state index is 12.0. The molecule has 0 heterocycles. The molecule has 0 aliphatic carbocycles. The highest BCUT2D eigenvalue weighted by Crippen LogP contribution is 2.25. The Morgan fingerprint density at radius 3 is 2.53 bits per heavy atom. The molecule has 0 saturated carbocycles. The topological polar surface area (TPSA) is 50.1 Å².